The molecule has 0 bridgehead atoms. The minimum Gasteiger partial charge on any atom is -0.394 e. The Morgan fingerprint density at radius 1 is 0.250 bits per heavy atom. The molecule has 40 atom stereocenters. The lowest BCUT2D eigenvalue weighted by Crippen LogP contribution is -2.71. The van der Waals surface area contributed by atoms with E-state index in [1.54, 1.807) is 0 Å². The van der Waals surface area contributed by atoms with Gasteiger partial charge in [0.25, 0.3) is 0 Å². The van der Waals surface area contributed by atoms with Crippen molar-refractivity contribution in [1.82, 2.24) is 26.6 Å². The molecule has 5 amide bonds. The van der Waals surface area contributed by atoms with Gasteiger partial charge >= 0.3 is 0 Å². The van der Waals surface area contributed by atoms with E-state index >= 15 is 0 Å². The zero-order chi connectivity index (χ0) is 76.8. The fourth-order valence-electron chi connectivity index (χ4n) is 13.4. The minimum atomic E-state index is -2.49. The van der Waals surface area contributed by atoms with E-state index < -0.39 is 328 Å². The Morgan fingerprint density at radius 3 is 0.952 bits per heavy atom. The van der Waals surface area contributed by atoms with Crippen molar-refractivity contribution in [3.05, 3.63) is 0 Å². The summed E-state index contributed by atoms with van der Waals surface area (Å²) in [6.07, 6.45) is -70.4. The van der Waals surface area contributed by atoms with Gasteiger partial charge in [0.1, 0.15) is 195 Å². The predicted molar refractivity (Wildman–Crippen MR) is 322 cm³/mol. The first-order valence-corrected chi connectivity index (χ1v) is 33.1. The van der Waals surface area contributed by atoms with Crippen LogP contribution in [0.25, 0.3) is 0 Å². The van der Waals surface area contributed by atoms with Gasteiger partial charge in [0.15, 0.2) is 50.3 Å². The second-order valence-electron chi connectivity index (χ2n) is 26.1. The topological polar surface area (TPSA) is 709 Å². The summed E-state index contributed by atoms with van der Waals surface area (Å²) in [5, 5.41) is 245. The second-order valence-corrected chi connectivity index (χ2v) is 26.1. The molecule has 0 radical (unpaired) electrons. The van der Waals surface area contributed by atoms with E-state index in [-0.39, 0.29) is 0 Å². The first-order valence-electron chi connectivity index (χ1n) is 33.1. The van der Waals surface area contributed by atoms with Crippen LogP contribution in [0, 0.1) is 0 Å². The molecule has 1 unspecified atom stereocenters. The lowest BCUT2D eigenvalue weighted by molar-refractivity contribution is -0.386. The predicted octanol–water partition coefficient (Wildman–Crippen LogP) is -17.7. The maximum Gasteiger partial charge on any atom is 0.217 e. The smallest absolute Gasteiger partial charge is 0.217 e. The lowest BCUT2D eigenvalue weighted by atomic mass is 9.93. The molecule has 0 aromatic rings. The highest BCUT2D eigenvalue weighted by Gasteiger charge is 2.60. The number of hydrogen-bond acceptors (Lipinski definition) is 41. The number of nitrogens with one attached hydrogen (secondary N) is 5. The highest BCUT2D eigenvalue weighted by molar-refractivity contribution is 5.75. The molecule has 46 heteroatoms. The number of amides is 5. The molecule has 8 rings (SSSR count). The van der Waals surface area contributed by atoms with Gasteiger partial charge in [-0.05, 0) is 0 Å². The van der Waals surface area contributed by atoms with Crippen molar-refractivity contribution in [3.8, 4) is 0 Å². The molecule has 8 saturated heterocycles. The fraction of sp³-hybridized carbons (Fsp3) is 0.914. The average molecular weight is 1520 g/mol. The Balaban J connectivity index is 1.13. The van der Waals surface area contributed by atoms with Crippen molar-refractivity contribution >= 4 is 29.5 Å². The number of ether oxygens (including phenoxy) is 15. The molecule has 0 aliphatic carbocycles. The van der Waals surface area contributed by atoms with E-state index in [1.807, 2.05) is 0 Å². The van der Waals surface area contributed by atoms with Crippen LogP contribution in [0.15, 0.2) is 0 Å². The first-order chi connectivity index (χ1) is 49.2. The highest BCUT2D eigenvalue weighted by atomic mass is 16.8. The monoisotopic (exact) mass is 1520 g/mol. The molecule has 46 nitrogen and oxygen atoms in total. The molecule has 0 spiro atoms. The quantitative estimate of drug-likeness (QED) is 0.0363. The molecule has 8 fully saturated rings. The van der Waals surface area contributed by atoms with Crippen molar-refractivity contribution in [1.29, 1.82) is 0 Å². The average Bonchev–Trinajstić information content (AvgIpc) is 0.774. The standard InChI is InChI=1S/C58H97N5O41/c1-14(71)59-27-38(82)32(76)19(6-64)92-53(27)103-49-36(80)23(10-68)95-57(43(49)87)102-48-31(63-18(5)75)55(93-22(9-67)35(48)79)104-50-37(81)26(13-90-52-28(60-15(2)72)39(83)45(24(11-69)96-52)99-56-42(86)41(85)33(77)20(7-65)94-56)98-58(44(50)88)100-46-25(12-70)97-54(29(40(46)84)61-16(3)73)101-47-30(62-17(4)74)51(89)91-21(8-66)34(47)78/h19-58,64-70,76-89H,6-13H2,1-5H3,(H,59,71)(H,60,72)(H,61,73)(H,62,74)(H,63,75)/t19-,20-,21-,22-,23-,24-,25-,26-,27-,28-,29-,30-,31-,32+,33+,34+,35-,36+,37+,38-,39-,40-,41+,42-,43-,44-,45-,46-,47-,48-,49+,50+,51?,52-,53-,54+,55+,56+,57+,58+/m1/s1. The maximum absolute atomic E-state index is 13.3. The summed E-state index contributed by atoms with van der Waals surface area (Å²) in [4.78, 5) is 63.7. The van der Waals surface area contributed by atoms with E-state index in [4.69, 9.17) is 71.1 Å². The number of rotatable bonds is 27. The van der Waals surface area contributed by atoms with Crippen molar-refractivity contribution in [2.24, 2.45) is 0 Å². The van der Waals surface area contributed by atoms with Gasteiger partial charge in [0.05, 0.1) is 52.9 Å². The van der Waals surface area contributed by atoms with Crippen molar-refractivity contribution in [2.75, 3.05) is 52.9 Å². The molecule has 0 saturated carbocycles. The zero-order valence-corrected chi connectivity index (χ0v) is 56.3. The molecule has 26 N–H and O–H groups in total. The van der Waals surface area contributed by atoms with Crippen molar-refractivity contribution < 1.29 is 202 Å². The Morgan fingerprint density at radius 2 is 0.519 bits per heavy atom. The van der Waals surface area contributed by atoms with E-state index in [0.29, 0.717) is 0 Å². The van der Waals surface area contributed by atoms with Crippen LogP contribution < -0.4 is 26.6 Å². The number of aliphatic hydroxyl groups excluding tert-OH is 21. The van der Waals surface area contributed by atoms with Crippen LogP contribution in [-0.2, 0) is 95.0 Å². The summed E-state index contributed by atoms with van der Waals surface area (Å²) in [7, 11) is 0. The zero-order valence-electron chi connectivity index (χ0n) is 56.3. The van der Waals surface area contributed by atoms with Crippen LogP contribution in [0.5, 0.6) is 0 Å². The number of carbonyl (C=O) groups is 5. The van der Waals surface area contributed by atoms with Crippen LogP contribution in [0.4, 0.5) is 0 Å². The van der Waals surface area contributed by atoms with E-state index in [2.05, 4.69) is 26.6 Å². The summed E-state index contributed by atoms with van der Waals surface area (Å²) in [5.74, 6) is -4.40. The Hall–Kier alpha value is -4.09. The highest BCUT2D eigenvalue weighted by Crippen LogP contribution is 2.39. The number of carbonyl (C=O) groups excluding carboxylic acids is 5. The molecular formula is C58H97N5O41. The normalized spacial score (nSPS) is 47.2. The molecule has 8 aliphatic heterocycles. The third-order valence-electron chi connectivity index (χ3n) is 18.6. The van der Waals surface area contributed by atoms with E-state index in [9.17, 15) is 131 Å². The maximum atomic E-state index is 13.3. The van der Waals surface area contributed by atoms with Crippen LogP contribution in [-0.4, -0.2) is 435 Å². The summed E-state index contributed by atoms with van der Waals surface area (Å²) in [5.41, 5.74) is 0. The lowest BCUT2D eigenvalue weighted by Gasteiger charge is -2.51. The third kappa shape index (κ3) is 19.2. The molecule has 8 heterocycles. The van der Waals surface area contributed by atoms with Gasteiger partial charge in [0, 0.05) is 34.6 Å². The molecule has 600 valence electrons. The summed E-state index contributed by atoms with van der Waals surface area (Å²) >= 11 is 0. The summed E-state index contributed by atoms with van der Waals surface area (Å²) in [6, 6.07) is -9.03. The van der Waals surface area contributed by atoms with Gasteiger partial charge in [-0.25, -0.2) is 0 Å². The second kappa shape index (κ2) is 37.5. The largest absolute Gasteiger partial charge is 0.394 e. The third-order valence-corrected chi connectivity index (χ3v) is 18.6. The minimum absolute atomic E-state index is 0.796. The van der Waals surface area contributed by atoms with Gasteiger partial charge < -0.3 is 205 Å². The first kappa shape index (κ1) is 85.5. The fourth-order valence-corrected chi connectivity index (χ4v) is 13.4. The van der Waals surface area contributed by atoms with Gasteiger partial charge in [0.2, 0.25) is 29.5 Å². The Kier molecular flexibility index (Phi) is 30.9. The van der Waals surface area contributed by atoms with Crippen molar-refractivity contribution in [3.63, 3.8) is 0 Å². The molecule has 104 heavy (non-hydrogen) atoms. The molecular weight excluding hydrogens is 1420 g/mol. The number of hydrogen-bond donors (Lipinski definition) is 26. The Bertz CT molecular complexity index is 2770. The van der Waals surface area contributed by atoms with Crippen LogP contribution in [0.1, 0.15) is 34.6 Å². The van der Waals surface area contributed by atoms with Crippen molar-refractivity contribution in [2.45, 2.75) is 280 Å². The van der Waals surface area contributed by atoms with Crippen LogP contribution in [0.3, 0.4) is 0 Å². The van der Waals surface area contributed by atoms with Gasteiger partial charge in [-0.3, -0.25) is 24.0 Å². The van der Waals surface area contributed by atoms with Gasteiger partial charge in [-0.2, -0.15) is 0 Å². The number of aliphatic hydroxyl groups is 21. The van der Waals surface area contributed by atoms with E-state index in [0.717, 1.165) is 34.6 Å². The van der Waals surface area contributed by atoms with Gasteiger partial charge in [-0.1, -0.05) is 0 Å². The summed E-state index contributed by atoms with van der Waals surface area (Å²) < 4.78 is 88.7. The molecule has 0 aromatic carbocycles. The Labute approximate surface area is 589 Å². The molecule has 8 aliphatic rings. The van der Waals surface area contributed by atoms with E-state index in [1.165, 1.54) is 0 Å². The SMILES string of the molecule is CC(=O)N[C@H]1[C@H](OC[C@H]2O[C@@H](O[C@H]3[C@H](O)[C@@H](NC(C)=O)[C@H](O[C@H]4[C@@H](O)[C@@H](CO)OC(O)[C@@H]4NC(C)=O)O[C@@H]3CO)[C@H](O)[C@@H](O[C@@H]3O[C@H](CO)[C@@H](O)[C@H](O[C@@H]4O[C@H](CO)[C@H](O)[C@H](O[C@H]5O[C@H](CO)[C@H](O)[C@H](O)[C@H]5NC(C)=O)[C@H]4O)[C@H]3NC(C)=O)[C@H]2O)O[C@H](CO)[C@@H](O[C@@H]2O[C@H](CO)[C@H](O)[C@H](O)[C@H]2O)[C@@H]1O. The molecule has 0 aromatic heterocycles. The van der Waals surface area contributed by atoms with Gasteiger partial charge in [-0.15, -0.1) is 0 Å². The van der Waals surface area contributed by atoms with Crippen LogP contribution in [0.2, 0.25) is 0 Å². The summed E-state index contributed by atoms with van der Waals surface area (Å²) in [6.45, 7) is -3.48. The van der Waals surface area contributed by atoms with Crippen LogP contribution >= 0.6 is 0 Å².